The van der Waals surface area contributed by atoms with Gasteiger partial charge in [-0.1, -0.05) is 48.5 Å². The highest BCUT2D eigenvalue weighted by atomic mass is 16.6. The molecule has 0 atom stereocenters. The van der Waals surface area contributed by atoms with Gasteiger partial charge in [0.05, 0.1) is 0 Å². The molecule has 0 bridgehead atoms. The molecule has 3 rings (SSSR count). The van der Waals surface area contributed by atoms with Gasteiger partial charge in [0.15, 0.2) is 5.78 Å². The number of Topliss-reactive ketones (excluding diaryl/α,β-unsaturated/α-hetero) is 1. The summed E-state index contributed by atoms with van der Waals surface area (Å²) in [6.45, 7) is -0.0520. The predicted octanol–water partition coefficient (Wildman–Crippen LogP) is 3.12. The lowest BCUT2D eigenvalue weighted by Crippen LogP contribution is -2.11. The number of nitro groups is 1. The van der Waals surface area contributed by atoms with Crippen molar-refractivity contribution in [1.82, 2.24) is 14.8 Å². The number of nitrogens with zero attached hydrogens (tertiary/aromatic N) is 4. The minimum absolute atomic E-state index is 0.0520. The van der Waals surface area contributed by atoms with Gasteiger partial charge in [-0.25, -0.2) is 0 Å². The summed E-state index contributed by atoms with van der Waals surface area (Å²) in [4.78, 5) is 25.6. The first-order chi connectivity index (χ1) is 11.1. The zero-order valence-electron chi connectivity index (χ0n) is 12.7. The zero-order valence-corrected chi connectivity index (χ0v) is 12.7. The Bertz CT molecular complexity index is 702. The minimum Gasteiger partial charge on any atom is -0.390 e. The first kappa shape index (κ1) is 15.3. The average molecular weight is 314 g/mol. The smallest absolute Gasteiger partial charge is 0.390 e. The molecule has 0 spiro atoms. The number of rotatable bonds is 5. The standard InChI is InChI=1S/C16H18N4O3/c21-15(10-19-11-17-16(18-19)20(22)23)14-8-6-13(7-9-14)12-4-2-1-3-5-12/h6-9,11-12H,1-5,10H2. The van der Waals surface area contributed by atoms with Crippen molar-refractivity contribution in [2.24, 2.45) is 0 Å². The third-order valence-electron chi connectivity index (χ3n) is 4.30. The van der Waals surface area contributed by atoms with Gasteiger partial charge in [-0.2, -0.15) is 4.68 Å². The van der Waals surface area contributed by atoms with Crippen molar-refractivity contribution in [3.8, 4) is 0 Å². The molecule has 7 nitrogen and oxygen atoms in total. The molecule has 120 valence electrons. The van der Waals surface area contributed by atoms with Crippen molar-refractivity contribution >= 4 is 11.7 Å². The largest absolute Gasteiger partial charge is 0.490 e. The van der Waals surface area contributed by atoms with E-state index in [4.69, 9.17) is 0 Å². The second-order valence-corrected chi connectivity index (χ2v) is 5.88. The first-order valence-electron chi connectivity index (χ1n) is 7.80. The number of hydrogen-bond donors (Lipinski definition) is 0. The van der Waals surface area contributed by atoms with E-state index in [1.54, 1.807) is 0 Å². The maximum absolute atomic E-state index is 12.2. The predicted molar refractivity (Wildman–Crippen MR) is 83.3 cm³/mol. The van der Waals surface area contributed by atoms with Crippen molar-refractivity contribution in [2.45, 2.75) is 44.6 Å². The fourth-order valence-electron chi connectivity index (χ4n) is 3.06. The van der Waals surface area contributed by atoms with Crippen LogP contribution in [0.3, 0.4) is 0 Å². The summed E-state index contributed by atoms with van der Waals surface area (Å²) >= 11 is 0. The number of aromatic nitrogens is 3. The summed E-state index contributed by atoms with van der Waals surface area (Å²) in [5.41, 5.74) is 1.88. The molecule has 1 aliphatic rings. The van der Waals surface area contributed by atoms with Gasteiger partial charge in [-0.15, -0.1) is 0 Å². The third-order valence-corrected chi connectivity index (χ3v) is 4.30. The molecule has 0 unspecified atom stereocenters. The van der Waals surface area contributed by atoms with Crippen molar-refractivity contribution in [1.29, 1.82) is 0 Å². The summed E-state index contributed by atoms with van der Waals surface area (Å²) in [5, 5.41) is 14.2. The van der Waals surface area contributed by atoms with Crippen LogP contribution in [0.25, 0.3) is 0 Å². The molecule has 1 fully saturated rings. The van der Waals surface area contributed by atoms with E-state index in [-0.39, 0.29) is 12.3 Å². The SMILES string of the molecule is O=C(Cn1cnc([N+](=O)[O-])n1)c1ccc(C2CCCCC2)cc1. The summed E-state index contributed by atoms with van der Waals surface area (Å²) in [7, 11) is 0. The lowest BCUT2D eigenvalue weighted by atomic mass is 9.84. The van der Waals surface area contributed by atoms with Crippen LogP contribution in [0, 0.1) is 10.1 Å². The van der Waals surface area contributed by atoms with Crippen LogP contribution >= 0.6 is 0 Å². The lowest BCUT2D eigenvalue weighted by Gasteiger charge is -2.22. The topological polar surface area (TPSA) is 90.9 Å². The van der Waals surface area contributed by atoms with Gasteiger partial charge in [0.2, 0.25) is 6.33 Å². The normalized spacial score (nSPS) is 15.5. The lowest BCUT2D eigenvalue weighted by molar-refractivity contribution is -0.394. The van der Waals surface area contributed by atoms with Crippen molar-refractivity contribution in [2.75, 3.05) is 0 Å². The van der Waals surface area contributed by atoms with Crippen LogP contribution in [0.5, 0.6) is 0 Å². The average Bonchev–Trinajstić information content (AvgIpc) is 3.04. The zero-order chi connectivity index (χ0) is 16.2. The van der Waals surface area contributed by atoms with E-state index in [9.17, 15) is 14.9 Å². The first-order valence-corrected chi connectivity index (χ1v) is 7.80. The monoisotopic (exact) mass is 314 g/mol. The van der Waals surface area contributed by atoms with Crippen molar-refractivity contribution in [3.05, 3.63) is 51.8 Å². The maximum Gasteiger partial charge on any atom is 0.490 e. The highest BCUT2D eigenvalue weighted by Crippen LogP contribution is 2.32. The van der Waals surface area contributed by atoms with E-state index in [1.807, 2.05) is 24.3 Å². The Morgan fingerprint density at radius 3 is 2.52 bits per heavy atom. The van der Waals surface area contributed by atoms with Gasteiger partial charge in [-0.05, 0) is 29.2 Å². The summed E-state index contributed by atoms with van der Waals surface area (Å²) in [5.74, 6) is -0.0312. The van der Waals surface area contributed by atoms with Crippen molar-refractivity contribution in [3.63, 3.8) is 0 Å². The van der Waals surface area contributed by atoms with Crippen LogP contribution in [0.4, 0.5) is 5.95 Å². The van der Waals surface area contributed by atoms with Gasteiger partial charge in [-0.3, -0.25) is 4.79 Å². The quantitative estimate of drug-likeness (QED) is 0.480. The molecule has 1 heterocycles. The van der Waals surface area contributed by atoms with E-state index < -0.39 is 10.9 Å². The van der Waals surface area contributed by atoms with E-state index in [2.05, 4.69) is 10.1 Å². The maximum atomic E-state index is 12.2. The molecule has 0 aliphatic heterocycles. The minimum atomic E-state index is -0.681. The van der Waals surface area contributed by atoms with Crippen LogP contribution < -0.4 is 0 Å². The highest BCUT2D eigenvalue weighted by molar-refractivity contribution is 5.95. The molecule has 0 N–H and O–H groups in total. The Morgan fingerprint density at radius 1 is 1.22 bits per heavy atom. The summed E-state index contributed by atoms with van der Waals surface area (Å²) in [6.07, 6.45) is 7.50. The Balaban J connectivity index is 1.66. The van der Waals surface area contributed by atoms with Gasteiger partial charge in [0, 0.05) is 10.7 Å². The van der Waals surface area contributed by atoms with Crippen LogP contribution in [0.15, 0.2) is 30.6 Å². The van der Waals surface area contributed by atoms with Crippen molar-refractivity contribution < 1.29 is 9.72 Å². The molecule has 1 aromatic heterocycles. The second kappa shape index (κ2) is 6.68. The molecule has 1 aliphatic carbocycles. The fraction of sp³-hybridized carbons (Fsp3) is 0.438. The number of benzene rings is 1. The highest BCUT2D eigenvalue weighted by Gasteiger charge is 2.18. The van der Waals surface area contributed by atoms with Crippen LogP contribution in [0.2, 0.25) is 0 Å². The molecular formula is C16H18N4O3. The van der Waals surface area contributed by atoms with Gasteiger partial charge < -0.3 is 10.1 Å². The van der Waals surface area contributed by atoms with E-state index >= 15 is 0 Å². The Labute approximate surface area is 133 Å². The Hall–Kier alpha value is -2.57. The van der Waals surface area contributed by atoms with E-state index in [1.165, 1.54) is 48.7 Å². The van der Waals surface area contributed by atoms with E-state index in [0.29, 0.717) is 11.5 Å². The molecule has 1 aromatic carbocycles. The molecule has 2 aromatic rings. The number of hydrogen-bond acceptors (Lipinski definition) is 5. The molecule has 23 heavy (non-hydrogen) atoms. The Morgan fingerprint density at radius 2 is 1.91 bits per heavy atom. The summed E-state index contributed by atoms with van der Waals surface area (Å²) in [6, 6.07) is 7.70. The number of carbonyl (C=O) groups excluding carboxylic acids is 1. The van der Waals surface area contributed by atoms with E-state index in [0.717, 1.165) is 0 Å². The van der Waals surface area contributed by atoms with Crippen LogP contribution in [0.1, 0.15) is 53.9 Å². The molecule has 0 saturated heterocycles. The van der Waals surface area contributed by atoms with Crippen LogP contribution in [-0.4, -0.2) is 25.5 Å². The number of carbonyl (C=O) groups is 1. The second-order valence-electron chi connectivity index (χ2n) is 5.88. The molecule has 1 saturated carbocycles. The fourth-order valence-corrected chi connectivity index (χ4v) is 3.06. The summed E-state index contributed by atoms with van der Waals surface area (Å²) < 4.78 is 1.19. The molecular weight excluding hydrogens is 296 g/mol. The number of ketones is 1. The van der Waals surface area contributed by atoms with Gasteiger partial charge >= 0.3 is 5.95 Å². The molecule has 7 heteroatoms. The van der Waals surface area contributed by atoms with Gasteiger partial charge in [0.1, 0.15) is 6.54 Å². The Kier molecular flexibility index (Phi) is 4.45. The third kappa shape index (κ3) is 3.61. The molecule has 0 amide bonds. The molecule has 0 radical (unpaired) electrons. The van der Waals surface area contributed by atoms with Crippen LogP contribution in [-0.2, 0) is 6.54 Å². The van der Waals surface area contributed by atoms with Gasteiger partial charge in [0.25, 0.3) is 0 Å².